The Bertz CT molecular complexity index is 652. The highest BCUT2D eigenvalue weighted by atomic mass is 19.4. The van der Waals surface area contributed by atoms with E-state index in [-0.39, 0.29) is 0 Å². The van der Waals surface area contributed by atoms with Crippen LogP contribution in [0, 0.1) is 0 Å². The second-order valence-electron chi connectivity index (χ2n) is 4.90. The monoisotopic (exact) mass is 309 g/mol. The Kier molecular flexibility index (Phi) is 4.04. The highest BCUT2D eigenvalue weighted by Crippen LogP contribution is 2.32. The molecule has 1 fully saturated rings. The van der Waals surface area contributed by atoms with Crippen molar-refractivity contribution in [3.05, 3.63) is 59.7 Å². The van der Waals surface area contributed by atoms with Gasteiger partial charge in [0.2, 0.25) is 0 Å². The summed E-state index contributed by atoms with van der Waals surface area (Å²) in [5.41, 5.74) is 1.20. The normalized spacial score (nSPS) is 16.0. The lowest BCUT2D eigenvalue weighted by Crippen LogP contribution is -2.05. The number of ether oxygens (including phenoxy) is 2. The summed E-state index contributed by atoms with van der Waals surface area (Å²) in [7, 11) is 0. The molecular formula is C16H14F3NO2. The lowest BCUT2D eigenvalue weighted by molar-refractivity contribution is -0.137. The Morgan fingerprint density at radius 3 is 2.23 bits per heavy atom. The maximum Gasteiger partial charge on any atom is 0.416 e. The lowest BCUT2D eigenvalue weighted by atomic mass is 10.1. The molecule has 0 aliphatic carbocycles. The zero-order valence-corrected chi connectivity index (χ0v) is 11.6. The smallest absolute Gasteiger partial charge is 0.356 e. The van der Waals surface area contributed by atoms with Crippen molar-refractivity contribution in [2.24, 2.45) is 0 Å². The molecule has 0 amide bonds. The molecule has 0 unspecified atom stereocenters. The van der Waals surface area contributed by atoms with Gasteiger partial charge in [-0.1, -0.05) is 18.2 Å². The van der Waals surface area contributed by atoms with Crippen LogP contribution in [0.4, 0.5) is 24.5 Å². The predicted molar refractivity (Wildman–Crippen MR) is 75.8 cm³/mol. The maximum absolute atomic E-state index is 12.7. The van der Waals surface area contributed by atoms with Crippen molar-refractivity contribution >= 4 is 11.4 Å². The van der Waals surface area contributed by atoms with Crippen LogP contribution >= 0.6 is 0 Å². The number of rotatable bonds is 3. The third kappa shape index (κ3) is 3.40. The standard InChI is InChI=1S/C16H14F3NO2/c17-16(18,19)12-4-2-6-14(10-12)20-13-5-1-3-11(9-13)15-21-7-8-22-15/h1-6,9-10,15,20H,7-8H2. The molecule has 116 valence electrons. The highest BCUT2D eigenvalue weighted by Gasteiger charge is 2.30. The van der Waals surface area contributed by atoms with E-state index in [4.69, 9.17) is 9.47 Å². The Morgan fingerprint density at radius 2 is 1.55 bits per heavy atom. The molecule has 0 saturated carbocycles. The fourth-order valence-electron chi connectivity index (χ4n) is 2.25. The van der Waals surface area contributed by atoms with E-state index in [2.05, 4.69) is 5.32 Å². The van der Waals surface area contributed by atoms with Crippen LogP contribution in [-0.2, 0) is 15.7 Å². The molecule has 1 saturated heterocycles. The molecule has 2 aromatic rings. The minimum absolute atomic E-state index is 0.375. The first-order valence-electron chi connectivity index (χ1n) is 6.80. The number of alkyl halides is 3. The first kappa shape index (κ1) is 14.9. The summed E-state index contributed by atoms with van der Waals surface area (Å²) >= 11 is 0. The van der Waals surface area contributed by atoms with E-state index in [1.54, 1.807) is 24.3 Å². The Hall–Kier alpha value is -2.05. The molecule has 1 heterocycles. The van der Waals surface area contributed by atoms with Gasteiger partial charge in [0.1, 0.15) is 0 Å². The Labute approximate surface area is 125 Å². The summed E-state index contributed by atoms with van der Waals surface area (Å²) in [5.74, 6) is 0. The molecule has 0 radical (unpaired) electrons. The van der Waals surface area contributed by atoms with E-state index in [9.17, 15) is 13.2 Å². The van der Waals surface area contributed by atoms with Crippen molar-refractivity contribution in [2.45, 2.75) is 12.5 Å². The fourth-order valence-corrected chi connectivity index (χ4v) is 2.25. The summed E-state index contributed by atoms with van der Waals surface area (Å²) in [5, 5.41) is 2.97. The maximum atomic E-state index is 12.7. The number of hydrogen-bond donors (Lipinski definition) is 1. The van der Waals surface area contributed by atoms with Crippen LogP contribution in [0.2, 0.25) is 0 Å². The number of benzene rings is 2. The first-order chi connectivity index (χ1) is 10.5. The van der Waals surface area contributed by atoms with Gasteiger partial charge in [-0.3, -0.25) is 0 Å². The molecule has 1 N–H and O–H groups in total. The quantitative estimate of drug-likeness (QED) is 0.906. The van der Waals surface area contributed by atoms with Gasteiger partial charge in [0.15, 0.2) is 6.29 Å². The van der Waals surface area contributed by atoms with Gasteiger partial charge in [-0.25, -0.2) is 0 Å². The van der Waals surface area contributed by atoms with Crippen molar-refractivity contribution in [3.8, 4) is 0 Å². The molecule has 2 aromatic carbocycles. The number of halogens is 3. The first-order valence-corrected chi connectivity index (χ1v) is 6.80. The van der Waals surface area contributed by atoms with Gasteiger partial charge >= 0.3 is 6.18 Å². The van der Waals surface area contributed by atoms with Crippen molar-refractivity contribution in [2.75, 3.05) is 18.5 Å². The lowest BCUT2D eigenvalue weighted by Gasteiger charge is -2.13. The third-order valence-corrected chi connectivity index (χ3v) is 3.26. The van der Waals surface area contributed by atoms with E-state index in [0.717, 1.165) is 17.7 Å². The van der Waals surface area contributed by atoms with E-state index in [1.807, 2.05) is 6.07 Å². The predicted octanol–water partition coefficient (Wildman–Crippen LogP) is 4.49. The Morgan fingerprint density at radius 1 is 0.909 bits per heavy atom. The molecule has 0 aromatic heterocycles. The van der Waals surface area contributed by atoms with Crippen molar-refractivity contribution in [1.82, 2.24) is 0 Å². The van der Waals surface area contributed by atoms with Gasteiger partial charge in [-0.05, 0) is 30.3 Å². The minimum Gasteiger partial charge on any atom is -0.356 e. The molecule has 1 aliphatic rings. The van der Waals surface area contributed by atoms with Crippen molar-refractivity contribution in [3.63, 3.8) is 0 Å². The average molecular weight is 309 g/mol. The van der Waals surface area contributed by atoms with Gasteiger partial charge < -0.3 is 14.8 Å². The molecule has 3 rings (SSSR count). The van der Waals surface area contributed by atoms with Gasteiger partial charge in [0.25, 0.3) is 0 Å². The summed E-state index contributed by atoms with van der Waals surface area (Å²) in [6.07, 6.45) is -4.77. The highest BCUT2D eigenvalue weighted by molar-refractivity contribution is 5.61. The van der Waals surface area contributed by atoms with E-state index in [0.29, 0.717) is 24.6 Å². The zero-order valence-electron chi connectivity index (χ0n) is 11.6. The summed E-state index contributed by atoms with van der Waals surface area (Å²) < 4.78 is 49.0. The number of nitrogens with one attached hydrogen (secondary N) is 1. The van der Waals surface area contributed by atoms with Crippen molar-refractivity contribution < 1.29 is 22.6 Å². The van der Waals surface area contributed by atoms with E-state index >= 15 is 0 Å². The van der Waals surface area contributed by atoms with Crippen LogP contribution < -0.4 is 5.32 Å². The molecule has 22 heavy (non-hydrogen) atoms. The van der Waals surface area contributed by atoms with Gasteiger partial charge in [-0.2, -0.15) is 13.2 Å². The van der Waals surface area contributed by atoms with E-state index in [1.165, 1.54) is 6.07 Å². The molecule has 6 heteroatoms. The van der Waals surface area contributed by atoms with Gasteiger partial charge in [0.05, 0.1) is 18.8 Å². The third-order valence-electron chi connectivity index (χ3n) is 3.26. The second kappa shape index (κ2) is 5.98. The van der Waals surface area contributed by atoms with Crippen LogP contribution in [0.5, 0.6) is 0 Å². The SMILES string of the molecule is FC(F)(F)c1cccc(Nc2cccc(C3OCCO3)c2)c1. The van der Waals surface area contributed by atoms with Crippen molar-refractivity contribution in [1.29, 1.82) is 0 Å². The second-order valence-corrected chi connectivity index (χ2v) is 4.90. The van der Waals surface area contributed by atoms with Crippen LogP contribution in [0.15, 0.2) is 48.5 Å². The topological polar surface area (TPSA) is 30.5 Å². The number of hydrogen-bond acceptors (Lipinski definition) is 3. The molecule has 0 spiro atoms. The minimum atomic E-state index is -4.36. The van der Waals surface area contributed by atoms with Crippen LogP contribution in [0.3, 0.4) is 0 Å². The Balaban J connectivity index is 1.80. The van der Waals surface area contributed by atoms with Crippen LogP contribution in [0.25, 0.3) is 0 Å². The van der Waals surface area contributed by atoms with Gasteiger partial charge in [-0.15, -0.1) is 0 Å². The molecule has 0 atom stereocenters. The van der Waals surface area contributed by atoms with Crippen LogP contribution in [-0.4, -0.2) is 13.2 Å². The zero-order chi connectivity index (χ0) is 15.6. The fraction of sp³-hybridized carbons (Fsp3) is 0.250. The summed E-state index contributed by atoms with van der Waals surface area (Å²) in [6.45, 7) is 1.08. The molecule has 0 bridgehead atoms. The molecular weight excluding hydrogens is 295 g/mol. The largest absolute Gasteiger partial charge is 0.416 e. The molecule has 1 aliphatic heterocycles. The summed E-state index contributed by atoms with van der Waals surface area (Å²) in [6, 6.07) is 12.3. The number of anilines is 2. The summed E-state index contributed by atoms with van der Waals surface area (Å²) in [4.78, 5) is 0. The van der Waals surface area contributed by atoms with E-state index < -0.39 is 18.0 Å². The van der Waals surface area contributed by atoms with Gasteiger partial charge in [0, 0.05) is 16.9 Å². The van der Waals surface area contributed by atoms with Crippen LogP contribution in [0.1, 0.15) is 17.4 Å². The average Bonchev–Trinajstić information content (AvgIpc) is 3.01. The molecule has 3 nitrogen and oxygen atoms in total.